The molecule has 0 aliphatic rings. The second-order valence-electron chi connectivity index (χ2n) is 4.89. The standard InChI is InChI=1S/C16H18ClNO3S/c1-12-6-3-4-9-15(12)16(21-2)11-18-22(19,20)14-8-5-7-13(17)10-14/h3-10,16,18H,11H2,1-2H3. The smallest absolute Gasteiger partial charge is 0.240 e. The Hall–Kier alpha value is -1.40. The Labute approximate surface area is 136 Å². The number of hydrogen-bond donors (Lipinski definition) is 1. The lowest BCUT2D eigenvalue weighted by Crippen LogP contribution is -2.29. The van der Waals surface area contributed by atoms with E-state index in [-0.39, 0.29) is 17.5 Å². The van der Waals surface area contributed by atoms with Gasteiger partial charge in [-0.2, -0.15) is 0 Å². The maximum Gasteiger partial charge on any atom is 0.240 e. The zero-order valence-corrected chi connectivity index (χ0v) is 14.0. The van der Waals surface area contributed by atoms with Crippen molar-refractivity contribution >= 4 is 21.6 Å². The van der Waals surface area contributed by atoms with Crippen molar-refractivity contribution in [3.05, 3.63) is 64.7 Å². The van der Waals surface area contributed by atoms with E-state index in [4.69, 9.17) is 16.3 Å². The minimum atomic E-state index is -3.62. The van der Waals surface area contributed by atoms with Crippen molar-refractivity contribution in [1.29, 1.82) is 0 Å². The highest BCUT2D eigenvalue weighted by atomic mass is 35.5. The molecule has 2 aromatic rings. The fourth-order valence-electron chi connectivity index (χ4n) is 2.17. The maximum absolute atomic E-state index is 12.3. The minimum Gasteiger partial charge on any atom is -0.375 e. The van der Waals surface area contributed by atoms with Gasteiger partial charge in [0.25, 0.3) is 0 Å². The molecule has 6 heteroatoms. The molecule has 118 valence electrons. The quantitative estimate of drug-likeness (QED) is 0.878. The number of halogens is 1. The number of aryl methyl sites for hydroxylation is 1. The molecule has 1 atom stereocenters. The highest BCUT2D eigenvalue weighted by Crippen LogP contribution is 2.21. The molecular formula is C16H18ClNO3S. The molecule has 2 rings (SSSR count). The number of ether oxygens (including phenoxy) is 1. The predicted octanol–water partition coefficient (Wildman–Crippen LogP) is 3.31. The molecule has 0 amide bonds. The maximum atomic E-state index is 12.3. The molecule has 1 N–H and O–H groups in total. The van der Waals surface area contributed by atoms with Crippen molar-refractivity contribution in [2.45, 2.75) is 17.9 Å². The fraction of sp³-hybridized carbons (Fsp3) is 0.250. The number of rotatable bonds is 6. The van der Waals surface area contributed by atoms with Crippen LogP contribution >= 0.6 is 11.6 Å². The Morgan fingerprint density at radius 3 is 2.55 bits per heavy atom. The van der Waals surface area contributed by atoms with Crippen LogP contribution in [0.2, 0.25) is 5.02 Å². The van der Waals surface area contributed by atoms with E-state index in [1.807, 2.05) is 31.2 Å². The SMILES string of the molecule is COC(CNS(=O)(=O)c1cccc(Cl)c1)c1ccccc1C. The molecule has 0 aliphatic heterocycles. The summed E-state index contributed by atoms with van der Waals surface area (Å²) in [4.78, 5) is 0.139. The van der Waals surface area contributed by atoms with Crippen molar-refractivity contribution in [1.82, 2.24) is 4.72 Å². The highest BCUT2D eigenvalue weighted by molar-refractivity contribution is 7.89. The van der Waals surface area contributed by atoms with Crippen LogP contribution in [0.25, 0.3) is 0 Å². The van der Waals surface area contributed by atoms with Crippen LogP contribution in [0.5, 0.6) is 0 Å². The van der Waals surface area contributed by atoms with Gasteiger partial charge in [-0.05, 0) is 36.2 Å². The summed E-state index contributed by atoms with van der Waals surface area (Å²) < 4.78 is 32.6. The first-order valence-electron chi connectivity index (χ1n) is 6.77. The van der Waals surface area contributed by atoms with Crippen LogP contribution in [0.3, 0.4) is 0 Å². The summed E-state index contributed by atoms with van der Waals surface area (Å²) >= 11 is 5.84. The molecule has 0 heterocycles. The van der Waals surface area contributed by atoms with E-state index in [0.717, 1.165) is 11.1 Å². The molecule has 0 bridgehead atoms. The third-order valence-corrected chi connectivity index (χ3v) is 5.04. The molecule has 0 spiro atoms. The largest absolute Gasteiger partial charge is 0.375 e. The average Bonchev–Trinajstić information content (AvgIpc) is 2.49. The van der Waals surface area contributed by atoms with Crippen LogP contribution in [0.15, 0.2) is 53.4 Å². The molecule has 4 nitrogen and oxygen atoms in total. The van der Waals surface area contributed by atoms with Crippen LogP contribution in [0.1, 0.15) is 17.2 Å². The minimum absolute atomic E-state index is 0.139. The van der Waals surface area contributed by atoms with Gasteiger partial charge in [0, 0.05) is 18.7 Å². The van der Waals surface area contributed by atoms with Gasteiger partial charge in [-0.25, -0.2) is 13.1 Å². The second kappa shape index (κ2) is 7.24. The summed E-state index contributed by atoms with van der Waals surface area (Å²) in [5.41, 5.74) is 2.01. The number of nitrogens with one attached hydrogen (secondary N) is 1. The summed E-state index contributed by atoms with van der Waals surface area (Å²) in [6.45, 7) is 2.11. The summed E-state index contributed by atoms with van der Waals surface area (Å²) in [5, 5.41) is 0.380. The number of hydrogen-bond acceptors (Lipinski definition) is 3. The average molecular weight is 340 g/mol. The molecule has 1 unspecified atom stereocenters. The third kappa shape index (κ3) is 4.08. The van der Waals surface area contributed by atoms with Crippen molar-refractivity contribution < 1.29 is 13.2 Å². The molecule has 0 fully saturated rings. The van der Waals surface area contributed by atoms with Gasteiger partial charge < -0.3 is 4.74 Å². The van der Waals surface area contributed by atoms with E-state index in [1.54, 1.807) is 19.2 Å². The van der Waals surface area contributed by atoms with E-state index in [2.05, 4.69) is 4.72 Å². The van der Waals surface area contributed by atoms with Crippen molar-refractivity contribution in [2.75, 3.05) is 13.7 Å². The number of sulfonamides is 1. The van der Waals surface area contributed by atoms with Gasteiger partial charge >= 0.3 is 0 Å². The van der Waals surface area contributed by atoms with Crippen molar-refractivity contribution in [3.63, 3.8) is 0 Å². The van der Waals surface area contributed by atoms with Gasteiger partial charge in [-0.1, -0.05) is 41.9 Å². The first-order valence-corrected chi connectivity index (χ1v) is 8.63. The molecule has 0 radical (unpaired) electrons. The third-order valence-electron chi connectivity index (χ3n) is 3.38. The summed E-state index contributed by atoms with van der Waals surface area (Å²) in [6.07, 6.45) is -0.352. The zero-order chi connectivity index (χ0) is 16.2. The van der Waals surface area contributed by atoms with E-state index in [9.17, 15) is 8.42 Å². The topological polar surface area (TPSA) is 55.4 Å². The van der Waals surface area contributed by atoms with E-state index in [0.29, 0.717) is 5.02 Å². The van der Waals surface area contributed by atoms with Crippen LogP contribution < -0.4 is 4.72 Å². The Bertz CT molecular complexity index is 747. The van der Waals surface area contributed by atoms with E-state index in [1.165, 1.54) is 12.1 Å². The Morgan fingerprint density at radius 2 is 1.91 bits per heavy atom. The lowest BCUT2D eigenvalue weighted by atomic mass is 10.0. The Kier molecular flexibility index (Phi) is 5.58. The predicted molar refractivity (Wildman–Crippen MR) is 87.6 cm³/mol. The summed E-state index contributed by atoms with van der Waals surface area (Å²) in [7, 11) is -2.06. The van der Waals surface area contributed by atoms with Crippen LogP contribution in [0, 0.1) is 6.92 Å². The zero-order valence-electron chi connectivity index (χ0n) is 12.4. The van der Waals surface area contributed by atoms with Gasteiger partial charge in [-0.15, -0.1) is 0 Å². The normalized spacial score (nSPS) is 13.0. The lowest BCUT2D eigenvalue weighted by Gasteiger charge is -2.18. The van der Waals surface area contributed by atoms with Crippen LogP contribution in [0.4, 0.5) is 0 Å². The van der Waals surface area contributed by atoms with Crippen molar-refractivity contribution in [3.8, 4) is 0 Å². The van der Waals surface area contributed by atoms with E-state index >= 15 is 0 Å². The van der Waals surface area contributed by atoms with Crippen LogP contribution in [-0.2, 0) is 14.8 Å². The van der Waals surface area contributed by atoms with Crippen molar-refractivity contribution in [2.24, 2.45) is 0 Å². The Morgan fingerprint density at radius 1 is 1.18 bits per heavy atom. The number of benzene rings is 2. The fourth-order valence-corrected chi connectivity index (χ4v) is 3.50. The molecular weight excluding hydrogens is 322 g/mol. The van der Waals surface area contributed by atoms with Gasteiger partial charge in [-0.3, -0.25) is 0 Å². The Balaban J connectivity index is 2.15. The molecule has 2 aromatic carbocycles. The lowest BCUT2D eigenvalue weighted by molar-refractivity contribution is 0.107. The first-order chi connectivity index (χ1) is 10.4. The van der Waals surface area contributed by atoms with Gasteiger partial charge in [0.15, 0.2) is 0 Å². The summed E-state index contributed by atoms with van der Waals surface area (Å²) in [5.74, 6) is 0. The molecule has 0 aromatic heterocycles. The van der Waals surface area contributed by atoms with Gasteiger partial charge in [0.1, 0.15) is 0 Å². The van der Waals surface area contributed by atoms with Crippen LogP contribution in [-0.4, -0.2) is 22.1 Å². The molecule has 0 saturated heterocycles. The summed E-state index contributed by atoms with van der Waals surface area (Å²) in [6, 6.07) is 13.9. The number of methoxy groups -OCH3 is 1. The molecule has 22 heavy (non-hydrogen) atoms. The second-order valence-corrected chi connectivity index (χ2v) is 7.09. The first kappa shape index (κ1) is 17.0. The van der Waals surface area contributed by atoms with Gasteiger partial charge in [0.2, 0.25) is 10.0 Å². The van der Waals surface area contributed by atoms with Gasteiger partial charge in [0.05, 0.1) is 11.0 Å². The monoisotopic (exact) mass is 339 g/mol. The molecule has 0 aliphatic carbocycles. The molecule has 0 saturated carbocycles. The van der Waals surface area contributed by atoms with E-state index < -0.39 is 10.0 Å². The highest BCUT2D eigenvalue weighted by Gasteiger charge is 2.19.